The van der Waals surface area contributed by atoms with Crippen LogP contribution >= 0.6 is 0 Å². The van der Waals surface area contributed by atoms with Crippen molar-refractivity contribution in [3.05, 3.63) is 51.6 Å². The predicted octanol–water partition coefficient (Wildman–Crippen LogP) is 0.962. The van der Waals surface area contributed by atoms with E-state index in [-0.39, 0.29) is 40.8 Å². The summed E-state index contributed by atoms with van der Waals surface area (Å²) in [5.74, 6) is -4.46. The fraction of sp³-hybridized carbons (Fsp3) is 0.467. The molecule has 0 saturated carbocycles. The van der Waals surface area contributed by atoms with Crippen LogP contribution in [0.1, 0.15) is 82.2 Å². The number of phenols is 2. The van der Waals surface area contributed by atoms with Gasteiger partial charge in [0.15, 0.2) is 18.7 Å². The van der Waals surface area contributed by atoms with Gasteiger partial charge in [0.25, 0.3) is 0 Å². The zero-order valence-electron chi connectivity index (χ0n) is 23.8. The summed E-state index contributed by atoms with van der Waals surface area (Å²) in [6.45, 7) is 2.33. The molecule has 13 nitrogen and oxygen atoms in total. The van der Waals surface area contributed by atoms with Crippen molar-refractivity contribution in [2.24, 2.45) is 5.73 Å². The molecule has 5 rings (SSSR count). The first-order valence-corrected chi connectivity index (χ1v) is 13.9. The number of methoxy groups -OCH3 is 1. The molecule has 1 saturated heterocycles. The number of ketones is 3. The summed E-state index contributed by atoms with van der Waals surface area (Å²) < 4.78 is 22.1. The molecular formula is C30H33NO12. The number of hydrogen-bond donors (Lipinski definition) is 5. The van der Waals surface area contributed by atoms with E-state index >= 15 is 0 Å². The number of benzene rings is 2. The molecule has 2 aromatic carbocycles. The second kappa shape index (κ2) is 11.3. The quantitative estimate of drug-likeness (QED) is 0.189. The Labute approximate surface area is 246 Å². The largest absolute Gasteiger partial charge is 0.507 e. The van der Waals surface area contributed by atoms with Gasteiger partial charge in [-0.2, -0.15) is 0 Å². The molecule has 1 fully saturated rings. The number of esters is 1. The molecule has 230 valence electrons. The Hall–Kier alpha value is -3.88. The van der Waals surface area contributed by atoms with E-state index in [0.717, 1.165) is 0 Å². The molecule has 0 spiro atoms. The van der Waals surface area contributed by atoms with Gasteiger partial charge in [-0.1, -0.05) is 19.1 Å². The first-order chi connectivity index (χ1) is 20.3. The third kappa shape index (κ3) is 5.06. The van der Waals surface area contributed by atoms with E-state index in [2.05, 4.69) is 0 Å². The minimum Gasteiger partial charge on any atom is -0.507 e. The SMILES string of the molecule is CCC(=O)OCC(=O)[C@]1(O)Cc2c(O)c3c(c(O)c2[C@H](O[C@@H]2C[C@H](N)[C@H](O)[C@H](C)O2)C1)C(=O)c1c(OC)cccc1C3=O. The number of hydrogen-bond acceptors (Lipinski definition) is 13. The van der Waals surface area contributed by atoms with Crippen LogP contribution in [0, 0.1) is 0 Å². The summed E-state index contributed by atoms with van der Waals surface area (Å²) >= 11 is 0. The molecule has 3 aliphatic rings. The molecule has 1 heterocycles. The van der Waals surface area contributed by atoms with Crippen LogP contribution in [0.4, 0.5) is 0 Å². The molecule has 2 aliphatic carbocycles. The van der Waals surface area contributed by atoms with Crippen molar-refractivity contribution < 1.29 is 58.6 Å². The maximum absolute atomic E-state index is 13.8. The second-order valence-corrected chi connectivity index (χ2v) is 11.0. The molecular weight excluding hydrogens is 566 g/mol. The number of fused-ring (bicyclic) bond motifs is 3. The highest BCUT2D eigenvalue weighted by atomic mass is 16.7. The Balaban J connectivity index is 1.64. The molecule has 0 aromatic heterocycles. The first-order valence-electron chi connectivity index (χ1n) is 13.9. The van der Waals surface area contributed by atoms with E-state index in [1.807, 2.05) is 0 Å². The molecule has 0 radical (unpaired) electrons. The lowest BCUT2D eigenvalue weighted by atomic mass is 9.72. The van der Waals surface area contributed by atoms with Gasteiger partial charge in [-0.3, -0.25) is 19.2 Å². The molecule has 0 amide bonds. The van der Waals surface area contributed by atoms with Crippen LogP contribution in [0.2, 0.25) is 0 Å². The third-order valence-corrected chi connectivity index (χ3v) is 8.31. The average Bonchev–Trinajstić information content (AvgIpc) is 2.98. The third-order valence-electron chi connectivity index (χ3n) is 8.31. The lowest BCUT2D eigenvalue weighted by Crippen LogP contribution is -2.53. The zero-order valence-corrected chi connectivity index (χ0v) is 23.8. The van der Waals surface area contributed by atoms with Crippen LogP contribution in [0.5, 0.6) is 17.2 Å². The smallest absolute Gasteiger partial charge is 0.305 e. The van der Waals surface area contributed by atoms with Gasteiger partial charge in [0.1, 0.15) is 22.8 Å². The molecule has 2 aromatic rings. The van der Waals surface area contributed by atoms with Gasteiger partial charge in [-0.15, -0.1) is 0 Å². The summed E-state index contributed by atoms with van der Waals surface area (Å²) in [7, 11) is 1.32. The Kier molecular flexibility index (Phi) is 8.05. The molecule has 6 N–H and O–H groups in total. The minimum absolute atomic E-state index is 0.00248. The molecule has 6 atom stereocenters. The van der Waals surface area contributed by atoms with Crippen molar-refractivity contribution in [3.63, 3.8) is 0 Å². The maximum atomic E-state index is 13.8. The lowest BCUT2D eigenvalue weighted by molar-refractivity contribution is -0.247. The molecule has 0 bridgehead atoms. The Morgan fingerprint density at radius 2 is 1.81 bits per heavy atom. The van der Waals surface area contributed by atoms with Gasteiger partial charge in [-0.25, -0.2) is 0 Å². The van der Waals surface area contributed by atoms with E-state index in [0.29, 0.717) is 0 Å². The monoisotopic (exact) mass is 599 g/mol. The van der Waals surface area contributed by atoms with Crippen molar-refractivity contribution in [2.75, 3.05) is 13.7 Å². The fourth-order valence-corrected chi connectivity index (χ4v) is 5.99. The minimum atomic E-state index is -2.28. The number of aromatic hydroxyl groups is 2. The predicted molar refractivity (Wildman–Crippen MR) is 146 cm³/mol. The van der Waals surface area contributed by atoms with E-state index < -0.39 is 102 Å². The van der Waals surface area contributed by atoms with Crippen molar-refractivity contribution >= 4 is 23.3 Å². The van der Waals surface area contributed by atoms with E-state index in [1.54, 1.807) is 6.92 Å². The number of aliphatic hydroxyl groups is 2. The normalized spacial score (nSPS) is 28.0. The molecule has 1 aliphatic heterocycles. The molecule has 0 unspecified atom stereocenters. The molecule has 43 heavy (non-hydrogen) atoms. The number of nitrogens with two attached hydrogens (primary N) is 1. The number of phenolic OH excluding ortho intramolecular Hbond substituents is 2. The van der Waals surface area contributed by atoms with Crippen molar-refractivity contribution in [3.8, 4) is 17.2 Å². The van der Waals surface area contributed by atoms with Crippen LogP contribution in [-0.4, -0.2) is 87.6 Å². The second-order valence-electron chi connectivity index (χ2n) is 11.0. The van der Waals surface area contributed by atoms with Crippen LogP contribution in [0.15, 0.2) is 18.2 Å². The van der Waals surface area contributed by atoms with Gasteiger partial charge in [0.2, 0.25) is 11.6 Å². The summed E-state index contributed by atoms with van der Waals surface area (Å²) in [6.07, 6.45) is -5.31. The van der Waals surface area contributed by atoms with E-state index in [4.69, 9.17) is 24.7 Å². The van der Waals surface area contributed by atoms with Crippen LogP contribution in [0.3, 0.4) is 0 Å². The highest BCUT2D eigenvalue weighted by molar-refractivity contribution is 6.31. The zero-order chi connectivity index (χ0) is 31.4. The number of carbonyl (C=O) groups excluding carboxylic acids is 4. The summed E-state index contributed by atoms with van der Waals surface area (Å²) in [6, 6.07) is 3.60. The fourth-order valence-electron chi connectivity index (χ4n) is 5.99. The number of carbonyl (C=O) groups is 4. The lowest BCUT2D eigenvalue weighted by Gasteiger charge is -2.42. The Morgan fingerprint density at radius 1 is 1.12 bits per heavy atom. The number of aliphatic hydroxyl groups excluding tert-OH is 1. The number of ether oxygens (including phenoxy) is 4. The van der Waals surface area contributed by atoms with Crippen LogP contribution in [-0.2, 0) is 30.2 Å². The Bertz CT molecular complexity index is 1510. The van der Waals surface area contributed by atoms with Gasteiger partial charge in [0, 0.05) is 48.4 Å². The van der Waals surface area contributed by atoms with Gasteiger partial charge in [0.05, 0.1) is 42.1 Å². The highest BCUT2D eigenvalue weighted by Gasteiger charge is 2.50. The number of rotatable bonds is 7. The first kappa shape index (κ1) is 30.6. The highest BCUT2D eigenvalue weighted by Crippen LogP contribution is 2.52. The van der Waals surface area contributed by atoms with Crippen molar-refractivity contribution in [1.29, 1.82) is 0 Å². The van der Waals surface area contributed by atoms with Crippen molar-refractivity contribution in [1.82, 2.24) is 0 Å². The summed E-state index contributed by atoms with van der Waals surface area (Å²) in [5.41, 5.74) is 2.29. The average molecular weight is 600 g/mol. The van der Waals surface area contributed by atoms with Gasteiger partial charge < -0.3 is 45.1 Å². The van der Waals surface area contributed by atoms with Crippen molar-refractivity contribution in [2.45, 2.75) is 75.8 Å². The van der Waals surface area contributed by atoms with Crippen LogP contribution in [0.25, 0.3) is 0 Å². The van der Waals surface area contributed by atoms with Gasteiger partial charge in [-0.05, 0) is 13.0 Å². The summed E-state index contributed by atoms with van der Waals surface area (Å²) in [4.78, 5) is 52.3. The number of Topliss-reactive ketones (excluding diaryl/α,β-unsaturated/α-hetero) is 1. The molecule has 13 heteroatoms. The van der Waals surface area contributed by atoms with E-state index in [1.165, 1.54) is 32.2 Å². The van der Waals surface area contributed by atoms with E-state index in [9.17, 15) is 39.6 Å². The Morgan fingerprint density at radius 3 is 2.47 bits per heavy atom. The van der Waals surface area contributed by atoms with Gasteiger partial charge >= 0.3 is 5.97 Å². The van der Waals surface area contributed by atoms with Crippen LogP contribution < -0.4 is 10.5 Å². The maximum Gasteiger partial charge on any atom is 0.305 e. The summed E-state index contributed by atoms with van der Waals surface area (Å²) in [5, 5.41) is 44.9. The topological polar surface area (TPSA) is 212 Å². The standard InChI is InChI=1S/C30H33NO12/c1-4-19(33)41-11-18(32)30(39)9-14-22(17(10-30)43-20-8-15(31)25(34)12(2)42-20)29(38)24-23(27(14)36)26(35)13-6-5-7-16(40-3)21(13)28(24)37/h5-7,12,15,17,20,25,34,36,38-39H,4,8-11,31H2,1-3H3/t12-,15-,17+,20+,25+,30-/m0/s1.